The van der Waals surface area contributed by atoms with Crippen LogP contribution in [0.1, 0.15) is 12.8 Å². The maximum atomic E-state index is 11.9. The molecule has 1 aromatic rings. The van der Waals surface area contributed by atoms with Gasteiger partial charge in [-0.1, -0.05) is 23.8 Å². The zero-order valence-electron chi connectivity index (χ0n) is 11.9. The number of carboxylic acids is 1. The highest BCUT2D eigenvalue weighted by molar-refractivity contribution is 7.99. The van der Waals surface area contributed by atoms with Gasteiger partial charge in [-0.25, -0.2) is 13.1 Å². The predicted molar refractivity (Wildman–Crippen MR) is 90.0 cm³/mol. The lowest BCUT2D eigenvalue weighted by molar-refractivity contribution is -0.133. The van der Waals surface area contributed by atoms with E-state index < -0.39 is 16.0 Å². The van der Waals surface area contributed by atoms with Crippen molar-refractivity contribution in [2.75, 3.05) is 18.1 Å². The summed E-state index contributed by atoms with van der Waals surface area (Å²) < 4.78 is 26.3. The van der Waals surface area contributed by atoms with Crippen molar-refractivity contribution in [1.29, 1.82) is 0 Å². The summed E-state index contributed by atoms with van der Waals surface area (Å²) in [6.45, 7) is 0.216. The molecule has 1 aromatic carbocycles. The molecule has 0 amide bonds. The number of hydrogen-bond donors (Lipinski definition) is 2. The summed E-state index contributed by atoms with van der Waals surface area (Å²) in [5.41, 5.74) is 0. The summed E-state index contributed by atoms with van der Waals surface area (Å²) in [4.78, 5) is 10.5. The molecule has 122 valence electrons. The summed E-state index contributed by atoms with van der Waals surface area (Å²) in [5, 5.41) is 8.95. The Morgan fingerprint density at radius 2 is 1.95 bits per heavy atom. The third kappa shape index (κ3) is 7.84. The monoisotopic (exact) mass is 363 g/mol. The van der Waals surface area contributed by atoms with E-state index in [9.17, 15) is 13.2 Å². The standard InChI is InChI=1S/C14H18ClNO4S2/c15-12-5-7-13(8-6-12)22(19,20)16-9-3-1-2-4-10-21-11-14(17)18/h1,3,5-8,16H,2,4,9-11H2,(H,17,18)/b3-1-. The van der Waals surface area contributed by atoms with E-state index in [1.807, 2.05) is 6.08 Å². The first-order valence-electron chi connectivity index (χ1n) is 6.61. The quantitative estimate of drug-likeness (QED) is 0.493. The average Bonchev–Trinajstić information content (AvgIpc) is 2.45. The summed E-state index contributed by atoms with van der Waals surface area (Å²) in [6.07, 6.45) is 5.27. The summed E-state index contributed by atoms with van der Waals surface area (Å²) in [6, 6.07) is 5.96. The fourth-order valence-electron chi connectivity index (χ4n) is 1.52. The minimum absolute atomic E-state index is 0.116. The number of aliphatic carboxylic acids is 1. The van der Waals surface area contributed by atoms with E-state index in [-0.39, 0.29) is 17.2 Å². The number of rotatable bonds is 10. The second-order valence-electron chi connectivity index (χ2n) is 4.37. The van der Waals surface area contributed by atoms with Crippen molar-refractivity contribution in [1.82, 2.24) is 4.72 Å². The molecule has 0 aliphatic carbocycles. The molecular formula is C14H18ClNO4S2. The van der Waals surface area contributed by atoms with E-state index in [0.717, 1.165) is 18.6 Å². The molecule has 0 radical (unpaired) electrons. The highest BCUT2D eigenvalue weighted by Crippen LogP contribution is 2.13. The molecule has 0 saturated carbocycles. The highest BCUT2D eigenvalue weighted by atomic mass is 35.5. The van der Waals surface area contributed by atoms with Crippen LogP contribution in [0.2, 0.25) is 5.02 Å². The van der Waals surface area contributed by atoms with Crippen LogP contribution in [0.5, 0.6) is 0 Å². The molecule has 0 saturated heterocycles. The van der Waals surface area contributed by atoms with Gasteiger partial charge in [-0.2, -0.15) is 11.8 Å². The highest BCUT2D eigenvalue weighted by Gasteiger charge is 2.11. The van der Waals surface area contributed by atoms with Crippen molar-refractivity contribution in [2.45, 2.75) is 17.7 Å². The van der Waals surface area contributed by atoms with Gasteiger partial charge in [0.05, 0.1) is 10.6 Å². The molecular weight excluding hydrogens is 346 g/mol. The Kier molecular flexibility index (Phi) is 8.55. The molecule has 0 bridgehead atoms. The van der Waals surface area contributed by atoms with Gasteiger partial charge in [-0.05, 0) is 42.9 Å². The zero-order valence-corrected chi connectivity index (χ0v) is 14.3. The summed E-state index contributed by atoms with van der Waals surface area (Å²) in [5.74, 6) is 0.0785. The van der Waals surface area contributed by atoms with Gasteiger partial charge < -0.3 is 5.11 Å². The number of benzene rings is 1. The molecule has 2 N–H and O–H groups in total. The van der Waals surface area contributed by atoms with Gasteiger partial charge >= 0.3 is 5.97 Å². The maximum absolute atomic E-state index is 11.9. The SMILES string of the molecule is O=C(O)CSCCC/C=C\CNS(=O)(=O)c1ccc(Cl)cc1. The minimum atomic E-state index is -3.52. The Balaban J connectivity index is 2.24. The molecule has 8 heteroatoms. The van der Waals surface area contributed by atoms with Gasteiger partial charge in [0.25, 0.3) is 0 Å². The van der Waals surface area contributed by atoms with Gasteiger partial charge in [-0.15, -0.1) is 0 Å². The molecule has 0 heterocycles. The summed E-state index contributed by atoms with van der Waals surface area (Å²) in [7, 11) is -3.52. The normalized spacial score (nSPS) is 11.9. The lowest BCUT2D eigenvalue weighted by Gasteiger charge is -2.04. The number of halogens is 1. The Morgan fingerprint density at radius 3 is 2.59 bits per heavy atom. The maximum Gasteiger partial charge on any atom is 0.313 e. The number of carboxylic acid groups (broad SMARTS) is 1. The third-order valence-electron chi connectivity index (χ3n) is 2.57. The van der Waals surface area contributed by atoms with E-state index in [0.29, 0.717) is 5.02 Å². The van der Waals surface area contributed by atoms with Crippen LogP contribution in [0, 0.1) is 0 Å². The van der Waals surface area contributed by atoms with Gasteiger partial charge in [0.2, 0.25) is 10.0 Å². The minimum Gasteiger partial charge on any atom is -0.481 e. The number of unbranched alkanes of at least 4 members (excludes halogenated alkanes) is 1. The van der Waals surface area contributed by atoms with Gasteiger partial charge in [0.1, 0.15) is 0 Å². The number of thioether (sulfide) groups is 1. The Morgan fingerprint density at radius 1 is 1.27 bits per heavy atom. The van der Waals surface area contributed by atoms with Crippen molar-refractivity contribution in [3.05, 3.63) is 41.4 Å². The first kappa shape index (κ1) is 19.0. The second-order valence-corrected chi connectivity index (χ2v) is 7.67. The Hall–Kier alpha value is -1.02. The number of nitrogens with one attached hydrogen (secondary N) is 1. The van der Waals surface area contributed by atoms with Crippen molar-refractivity contribution < 1.29 is 18.3 Å². The molecule has 0 fully saturated rings. The lowest BCUT2D eigenvalue weighted by atomic mass is 10.3. The van der Waals surface area contributed by atoms with Gasteiger partial charge in [0, 0.05) is 11.6 Å². The lowest BCUT2D eigenvalue weighted by Crippen LogP contribution is -2.23. The fraction of sp³-hybridized carbons (Fsp3) is 0.357. The van der Waals surface area contributed by atoms with Crippen LogP contribution in [0.25, 0.3) is 0 Å². The second kappa shape index (κ2) is 9.89. The zero-order chi connectivity index (χ0) is 16.4. The molecule has 0 aromatic heterocycles. The fourth-order valence-corrected chi connectivity index (χ4v) is 3.31. The Labute approximate surface area is 139 Å². The van der Waals surface area contributed by atoms with Gasteiger partial charge in [0.15, 0.2) is 0 Å². The van der Waals surface area contributed by atoms with E-state index >= 15 is 0 Å². The van der Waals surface area contributed by atoms with E-state index in [2.05, 4.69) is 4.72 Å². The number of carbonyl (C=O) groups is 1. The molecule has 0 unspecified atom stereocenters. The smallest absolute Gasteiger partial charge is 0.313 e. The van der Waals surface area contributed by atoms with Crippen LogP contribution in [0.3, 0.4) is 0 Å². The van der Waals surface area contributed by atoms with E-state index in [4.69, 9.17) is 16.7 Å². The van der Waals surface area contributed by atoms with Crippen LogP contribution in [-0.2, 0) is 14.8 Å². The van der Waals surface area contributed by atoms with Crippen LogP contribution in [0.4, 0.5) is 0 Å². The molecule has 1 rings (SSSR count). The van der Waals surface area contributed by atoms with Crippen molar-refractivity contribution in [2.24, 2.45) is 0 Å². The summed E-state index contributed by atoms with van der Waals surface area (Å²) >= 11 is 7.09. The number of allylic oxidation sites excluding steroid dienone is 1. The first-order valence-corrected chi connectivity index (χ1v) is 9.63. The van der Waals surface area contributed by atoms with Crippen LogP contribution >= 0.6 is 23.4 Å². The predicted octanol–water partition coefficient (Wildman–Crippen LogP) is 2.77. The third-order valence-corrected chi connectivity index (χ3v) is 5.29. The number of hydrogen-bond acceptors (Lipinski definition) is 4. The average molecular weight is 364 g/mol. The van der Waals surface area contributed by atoms with E-state index in [1.165, 1.54) is 36.0 Å². The van der Waals surface area contributed by atoms with Gasteiger partial charge in [-0.3, -0.25) is 4.79 Å². The number of sulfonamides is 1. The van der Waals surface area contributed by atoms with Crippen LogP contribution in [-0.4, -0.2) is 37.5 Å². The molecule has 5 nitrogen and oxygen atoms in total. The van der Waals surface area contributed by atoms with Crippen molar-refractivity contribution in [3.8, 4) is 0 Å². The molecule has 0 atom stereocenters. The molecule has 0 spiro atoms. The van der Waals surface area contributed by atoms with Crippen molar-refractivity contribution in [3.63, 3.8) is 0 Å². The first-order chi connectivity index (χ1) is 10.4. The molecule has 22 heavy (non-hydrogen) atoms. The van der Waals surface area contributed by atoms with E-state index in [1.54, 1.807) is 6.08 Å². The molecule has 0 aliphatic rings. The van der Waals surface area contributed by atoms with Crippen molar-refractivity contribution >= 4 is 39.4 Å². The largest absolute Gasteiger partial charge is 0.481 e. The van der Waals surface area contributed by atoms with Crippen LogP contribution in [0.15, 0.2) is 41.3 Å². The Bertz CT molecular complexity index is 600. The van der Waals surface area contributed by atoms with Crippen LogP contribution < -0.4 is 4.72 Å². The molecule has 0 aliphatic heterocycles. The topological polar surface area (TPSA) is 83.5 Å².